The molecular formula is C11H13F2NO. The van der Waals surface area contributed by atoms with Crippen molar-refractivity contribution in [2.45, 2.75) is 25.8 Å². The maximum atomic E-state index is 13.3. The van der Waals surface area contributed by atoms with E-state index in [0.717, 1.165) is 19.4 Å². The summed E-state index contributed by atoms with van der Waals surface area (Å²) >= 11 is 0. The smallest absolute Gasteiger partial charge is 0.200 e. The number of phenols is 1. The van der Waals surface area contributed by atoms with Crippen molar-refractivity contribution in [2.24, 2.45) is 0 Å². The summed E-state index contributed by atoms with van der Waals surface area (Å²) in [6.45, 7) is 2.35. The SMILES string of the molecule is Cc1cc([C@H]2CCCN2)c(O)c(F)c1F. The topological polar surface area (TPSA) is 32.3 Å². The standard InChI is InChI=1S/C11H13F2NO/c1-6-5-7(8-3-2-4-14-8)11(15)10(13)9(6)12/h5,8,14-15H,2-4H2,1H3/t8-/m1/s1. The molecule has 1 aliphatic rings. The van der Waals surface area contributed by atoms with Crippen molar-refractivity contribution in [1.82, 2.24) is 5.32 Å². The van der Waals surface area contributed by atoms with E-state index >= 15 is 0 Å². The molecule has 1 fully saturated rings. The molecule has 0 saturated carbocycles. The lowest BCUT2D eigenvalue weighted by atomic mass is 10.0. The molecule has 82 valence electrons. The van der Waals surface area contributed by atoms with Crippen LogP contribution >= 0.6 is 0 Å². The molecular weight excluding hydrogens is 200 g/mol. The third kappa shape index (κ3) is 1.69. The first kappa shape index (κ1) is 10.4. The highest BCUT2D eigenvalue weighted by Crippen LogP contribution is 2.34. The lowest BCUT2D eigenvalue weighted by Crippen LogP contribution is -2.14. The van der Waals surface area contributed by atoms with E-state index in [2.05, 4.69) is 5.32 Å². The molecule has 0 spiro atoms. The van der Waals surface area contributed by atoms with Crippen molar-refractivity contribution >= 4 is 0 Å². The molecule has 1 atom stereocenters. The van der Waals surface area contributed by atoms with Gasteiger partial charge in [-0.05, 0) is 37.9 Å². The predicted molar refractivity (Wildman–Crippen MR) is 52.7 cm³/mol. The van der Waals surface area contributed by atoms with Gasteiger partial charge in [-0.25, -0.2) is 4.39 Å². The van der Waals surface area contributed by atoms with E-state index in [1.807, 2.05) is 0 Å². The maximum absolute atomic E-state index is 13.3. The van der Waals surface area contributed by atoms with Crippen LogP contribution in [0.1, 0.15) is 30.0 Å². The van der Waals surface area contributed by atoms with Crippen molar-refractivity contribution in [3.8, 4) is 5.75 Å². The number of benzene rings is 1. The minimum atomic E-state index is -1.14. The Kier molecular flexibility index (Phi) is 2.61. The molecule has 15 heavy (non-hydrogen) atoms. The highest BCUT2D eigenvalue weighted by Gasteiger charge is 2.24. The first-order chi connectivity index (χ1) is 7.11. The molecule has 1 aromatic carbocycles. The molecule has 0 bridgehead atoms. The number of hydrogen-bond acceptors (Lipinski definition) is 2. The molecule has 2 rings (SSSR count). The van der Waals surface area contributed by atoms with E-state index in [1.165, 1.54) is 13.0 Å². The number of hydrogen-bond donors (Lipinski definition) is 2. The maximum Gasteiger partial charge on any atom is 0.200 e. The number of rotatable bonds is 1. The van der Waals surface area contributed by atoms with Gasteiger partial charge in [0.25, 0.3) is 0 Å². The van der Waals surface area contributed by atoms with Gasteiger partial charge < -0.3 is 10.4 Å². The van der Waals surface area contributed by atoms with Crippen molar-refractivity contribution in [2.75, 3.05) is 6.54 Å². The Bertz CT molecular complexity index is 387. The predicted octanol–water partition coefficient (Wildman–Crippen LogP) is 2.40. The van der Waals surface area contributed by atoms with Crippen LogP contribution in [0.4, 0.5) is 8.78 Å². The van der Waals surface area contributed by atoms with Gasteiger partial charge in [-0.15, -0.1) is 0 Å². The summed E-state index contributed by atoms with van der Waals surface area (Å²) in [7, 11) is 0. The molecule has 0 aliphatic carbocycles. The van der Waals surface area contributed by atoms with Gasteiger partial charge >= 0.3 is 0 Å². The first-order valence-corrected chi connectivity index (χ1v) is 5.02. The van der Waals surface area contributed by atoms with Gasteiger partial charge in [0.15, 0.2) is 11.6 Å². The van der Waals surface area contributed by atoms with Crippen LogP contribution in [0.5, 0.6) is 5.75 Å². The number of halogens is 2. The second-order valence-electron chi connectivity index (χ2n) is 3.91. The van der Waals surface area contributed by atoms with Crippen LogP contribution < -0.4 is 5.32 Å². The van der Waals surface area contributed by atoms with Crippen LogP contribution in [0.15, 0.2) is 6.07 Å². The van der Waals surface area contributed by atoms with Crippen LogP contribution in [0.25, 0.3) is 0 Å². The molecule has 2 N–H and O–H groups in total. The van der Waals surface area contributed by atoms with E-state index in [4.69, 9.17) is 0 Å². The second kappa shape index (κ2) is 3.77. The summed E-state index contributed by atoms with van der Waals surface area (Å²) < 4.78 is 26.4. The summed E-state index contributed by atoms with van der Waals surface area (Å²) in [6, 6.07) is 1.45. The summed E-state index contributed by atoms with van der Waals surface area (Å²) in [5.74, 6) is -2.66. The molecule has 1 heterocycles. The zero-order chi connectivity index (χ0) is 11.0. The van der Waals surface area contributed by atoms with E-state index in [0.29, 0.717) is 5.56 Å². The second-order valence-corrected chi connectivity index (χ2v) is 3.91. The molecule has 0 amide bonds. The van der Waals surface area contributed by atoms with Gasteiger partial charge in [-0.2, -0.15) is 4.39 Å². The van der Waals surface area contributed by atoms with E-state index in [9.17, 15) is 13.9 Å². The van der Waals surface area contributed by atoms with Crippen LogP contribution in [0.3, 0.4) is 0 Å². The van der Waals surface area contributed by atoms with Crippen LogP contribution in [0.2, 0.25) is 0 Å². The van der Waals surface area contributed by atoms with Crippen molar-refractivity contribution < 1.29 is 13.9 Å². The van der Waals surface area contributed by atoms with Gasteiger partial charge in [-0.1, -0.05) is 0 Å². The lowest BCUT2D eigenvalue weighted by molar-refractivity contribution is 0.393. The average molecular weight is 213 g/mol. The molecule has 0 unspecified atom stereocenters. The lowest BCUT2D eigenvalue weighted by Gasteiger charge is -2.14. The Hall–Kier alpha value is -1.16. The zero-order valence-electron chi connectivity index (χ0n) is 8.48. The van der Waals surface area contributed by atoms with Crippen molar-refractivity contribution in [3.05, 3.63) is 28.8 Å². The monoisotopic (exact) mass is 213 g/mol. The number of aryl methyl sites for hydroxylation is 1. The van der Waals surface area contributed by atoms with Crippen LogP contribution in [-0.4, -0.2) is 11.7 Å². The first-order valence-electron chi connectivity index (χ1n) is 5.02. The van der Waals surface area contributed by atoms with Gasteiger partial charge in [-0.3, -0.25) is 0 Å². The van der Waals surface area contributed by atoms with Gasteiger partial charge in [0, 0.05) is 11.6 Å². The molecule has 0 aromatic heterocycles. The fourth-order valence-corrected chi connectivity index (χ4v) is 1.98. The van der Waals surface area contributed by atoms with Gasteiger partial charge in [0.05, 0.1) is 0 Å². The Labute approximate surface area is 86.9 Å². The molecule has 1 aromatic rings. The quantitative estimate of drug-likeness (QED) is 0.750. The van der Waals surface area contributed by atoms with Crippen molar-refractivity contribution in [3.63, 3.8) is 0 Å². The molecule has 1 saturated heterocycles. The molecule has 4 heteroatoms. The normalized spacial score (nSPS) is 20.9. The van der Waals surface area contributed by atoms with E-state index < -0.39 is 17.4 Å². The van der Waals surface area contributed by atoms with E-state index in [1.54, 1.807) is 0 Å². The summed E-state index contributed by atoms with van der Waals surface area (Å²) in [5.41, 5.74) is 0.693. The van der Waals surface area contributed by atoms with Crippen molar-refractivity contribution in [1.29, 1.82) is 0 Å². The minimum absolute atomic E-state index is 0.0567. The third-order valence-corrected chi connectivity index (χ3v) is 2.83. The Morgan fingerprint density at radius 1 is 1.40 bits per heavy atom. The summed E-state index contributed by atoms with van der Waals surface area (Å²) in [6.07, 6.45) is 1.83. The average Bonchev–Trinajstić information content (AvgIpc) is 2.73. The Morgan fingerprint density at radius 3 is 2.73 bits per heavy atom. The van der Waals surface area contributed by atoms with Crippen LogP contribution in [0, 0.1) is 18.6 Å². The summed E-state index contributed by atoms with van der Waals surface area (Å²) in [4.78, 5) is 0. The highest BCUT2D eigenvalue weighted by molar-refractivity contribution is 5.40. The number of aromatic hydroxyl groups is 1. The van der Waals surface area contributed by atoms with Crippen LogP contribution in [-0.2, 0) is 0 Å². The summed E-state index contributed by atoms with van der Waals surface area (Å²) in [5, 5.41) is 12.6. The number of nitrogens with one attached hydrogen (secondary N) is 1. The molecule has 0 radical (unpaired) electrons. The fourth-order valence-electron chi connectivity index (χ4n) is 1.98. The third-order valence-electron chi connectivity index (χ3n) is 2.83. The zero-order valence-corrected chi connectivity index (χ0v) is 8.48. The van der Waals surface area contributed by atoms with Gasteiger partial charge in [0.2, 0.25) is 5.82 Å². The fraction of sp³-hybridized carbons (Fsp3) is 0.455. The van der Waals surface area contributed by atoms with Gasteiger partial charge in [0.1, 0.15) is 0 Å². The largest absolute Gasteiger partial charge is 0.505 e. The molecule has 1 aliphatic heterocycles. The minimum Gasteiger partial charge on any atom is -0.505 e. The highest BCUT2D eigenvalue weighted by atomic mass is 19.2. The Balaban J connectivity index is 2.47. The van der Waals surface area contributed by atoms with E-state index in [-0.39, 0.29) is 11.6 Å². The number of phenolic OH excluding ortho intramolecular Hbond substituents is 1. The molecule has 2 nitrogen and oxygen atoms in total. The Morgan fingerprint density at radius 2 is 2.13 bits per heavy atom.